The van der Waals surface area contributed by atoms with E-state index in [4.69, 9.17) is 0 Å². The van der Waals surface area contributed by atoms with E-state index in [9.17, 15) is 4.79 Å². The SMILES string of the molecule is CCN(Cc1ccccc1)c1ccc(/C=N\NC(=O)c2cccnc2)cc1. The molecule has 3 rings (SSSR count). The first kappa shape index (κ1) is 18.3. The Balaban J connectivity index is 1.60. The molecule has 0 saturated heterocycles. The minimum absolute atomic E-state index is 0.281. The lowest BCUT2D eigenvalue weighted by molar-refractivity contribution is 0.0955. The van der Waals surface area contributed by atoms with E-state index in [-0.39, 0.29) is 5.91 Å². The maximum Gasteiger partial charge on any atom is 0.272 e. The third-order valence-electron chi connectivity index (χ3n) is 4.16. The number of anilines is 1. The summed E-state index contributed by atoms with van der Waals surface area (Å²) < 4.78 is 0. The summed E-state index contributed by atoms with van der Waals surface area (Å²) in [5.74, 6) is -0.281. The average molecular weight is 358 g/mol. The van der Waals surface area contributed by atoms with E-state index < -0.39 is 0 Å². The van der Waals surface area contributed by atoms with Gasteiger partial charge in [0.05, 0.1) is 11.8 Å². The fourth-order valence-corrected chi connectivity index (χ4v) is 2.69. The maximum atomic E-state index is 11.9. The highest BCUT2D eigenvalue weighted by atomic mass is 16.2. The molecule has 0 unspecified atom stereocenters. The highest BCUT2D eigenvalue weighted by Crippen LogP contribution is 2.17. The molecule has 0 bridgehead atoms. The Hall–Kier alpha value is -3.47. The first-order valence-corrected chi connectivity index (χ1v) is 8.88. The first-order valence-electron chi connectivity index (χ1n) is 8.88. The molecule has 0 aliphatic carbocycles. The third kappa shape index (κ3) is 5.25. The summed E-state index contributed by atoms with van der Waals surface area (Å²) in [5.41, 5.74) is 6.33. The van der Waals surface area contributed by atoms with Crippen LogP contribution in [-0.4, -0.2) is 23.7 Å². The number of nitrogens with zero attached hydrogens (tertiary/aromatic N) is 3. The number of hydrogen-bond acceptors (Lipinski definition) is 4. The Bertz CT molecular complexity index is 877. The lowest BCUT2D eigenvalue weighted by Crippen LogP contribution is -2.21. The molecule has 2 aromatic carbocycles. The lowest BCUT2D eigenvalue weighted by Gasteiger charge is -2.23. The van der Waals surface area contributed by atoms with Crippen molar-refractivity contribution in [2.75, 3.05) is 11.4 Å². The van der Waals surface area contributed by atoms with Gasteiger partial charge in [-0.1, -0.05) is 42.5 Å². The molecule has 0 radical (unpaired) electrons. The van der Waals surface area contributed by atoms with Crippen molar-refractivity contribution >= 4 is 17.8 Å². The minimum atomic E-state index is -0.281. The minimum Gasteiger partial charge on any atom is -0.367 e. The highest BCUT2D eigenvalue weighted by Gasteiger charge is 2.05. The zero-order valence-corrected chi connectivity index (χ0v) is 15.2. The summed E-state index contributed by atoms with van der Waals surface area (Å²) in [7, 11) is 0. The van der Waals surface area contributed by atoms with Gasteiger partial charge >= 0.3 is 0 Å². The maximum absolute atomic E-state index is 11.9. The van der Waals surface area contributed by atoms with Gasteiger partial charge in [0, 0.05) is 31.2 Å². The van der Waals surface area contributed by atoms with Crippen molar-refractivity contribution < 1.29 is 4.79 Å². The van der Waals surface area contributed by atoms with Crippen LogP contribution in [0.5, 0.6) is 0 Å². The standard InChI is InChI=1S/C22H22N4O/c1-2-26(17-19-7-4-3-5-8-19)21-12-10-18(11-13-21)15-24-25-22(27)20-9-6-14-23-16-20/h3-16H,2,17H2,1H3,(H,25,27)/b24-15-. The van der Waals surface area contributed by atoms with E-state index in [1.165, 1.54) is 11.8 Å². The summed E-state index contributed by atoms with van der Waals surface area (Å²) in [6, 6.07) is 21.9. The number of nitrogens with one attached hydrogen (secondary N) is 1. The monoisotopic (exact) mass is 358 g/mol. The molecule has 1 aromatic heterocycles. The molecule has 0 saturated carbocycles. The quantitative estimate of drug-likeness (QED) is 0.515. The number of carbonyl (C=O) groups excluding carboxylic acids is 1. The zero-order valence-electron chi connectivity index (χ0n) is 15.2. The number of rotatable bonds is 7. The molecule has 27 heavy (non-hydrogen) atoms. The second-order valence-electron chi connectivity index (χ2n) is 6.03. The Morgan fingerprint density at radius 2 is 1.85 bits per heavy atom. The van der Waals surface area contributed by atoms with Crippen LogP contribution in [0.4, 0.5) is 5.69 Å². The lowest BCUT2D eigenvalue weighted by atomic mass is 10.1. The first-order chi connectivity index (χ1) is 13.3. The molecule has 5 heteroatoms. The molecular formula is C22H22N4O. The van der Waals surface area contributed by atoms with Crippen LogP contribution in [0.25, 0.3) is 0 Å². The number of hydrazone groups is 1. The predicted octanol–water partition coefficient (Wildman–Crippen LogP) is 3.87. The van der Waals surface area contributed by atoms with E-state index in [0.29, 0.717) is 5.56 Å². The molecule has 5 nitrogen and oxygen atoms in total. The summed E-state index contributed by atoms with van der Waals surface area (Å²) in [5, 5.41) is 4.01. The zero-order chi connectivity index (χ0) is 18.9. The van der Waals surface area contributed by atoms with Crippen molar-refractivity contribution in [2.45, 2.75) is 13.5 Å². The largest absolute Gasteiger partial charge is 0.367 e. The molecule has 0 aliphatic rings. The molecular weight excluding hydrogens is 336 g/mol. The number of aromatic nitrogens is 1. The van der Waals surface area contributed by atoms with Gasteiger partial charge in [0.1, 0.15) is 0 Å². The average Bonchev–Trinajstić information content (AvgIpc) is 2.74. The van der Waals surface area contributed by atoms with Crippen molar-refractivity contribution in [3.63, 3.8) is 0 Å². The summed E-state index contributed by atoms with van der Waals surface area (Å²) >= 11 is 0. The van der Waals surface area contributed by atoms with Crippen LogP contribution >= 0.6 is 0 Å². The van der Waals surface area contributed by atoms with Gasteiger partial charge < -0.3 is 4.90 Å². The van der Waals surface area contributed by atoms with E-state index >= 15 is 0 Å². The van der Waals surface area contributed by atoms with Crippen molar-refractivity contribution in [2.24, 2.45) is 5.10 Å². The highest BCUT2D eigenvalue weighted by molar-refractivity contribution is 5.94. The van der Waals surface area contributed by atoms with Gasteiger partial charge in [0.2, 0.25) is 0 Å². The Morgan fingerprint density at radius 1 is 1.07 bits per heavy atom. The number of carbonyl (C=O) groups is 1. The van der Waals surface area contributed by atoms with Gasteiger partial charge in [-0.05, 0) is 42.3 Å². The number of hydrogen-bond donors (Lipinski definition) is 1. The molecule has 0 spiro atoms. The number of pyridine rings is 1. The molecule has 136 valence electrons. The molecule has 1 N–H and O–H groups in total. The van der Waals surface area contributed by atoms with Gasteiger partial charge in [-0.2, -0.15) is 5.10 Å². The number of benzene rings is 2. The van der Waals surface area contributed by atoms with Crippen LogP contribution in [0.1, 0.15) is 28.4 Å². The van der Waals surface area contributed by atoms with Crippen LogP contribution < -0.4 is 10.3 Å². The smallest absolute Gasteiger partial charge is 0.272 e. The molecule has 1 heterocycles. The molecule has 1 amide bonds. The van der Waals surface area contributed by atoms with Gasteiger partial charge in [0.25, 0.3) is 5.91 Å². The predicted molar refractivity (Wildman–Crippen MR) is 109 cm³/mol. The second kappa shape index (κ2) is 9.29. The van der Waals surface area contributed by atoms with Gasteiger partial charge in [-0.25, -0.2) is 5.43 Å². The Labute approximate surface area is 159 Å². The van der Waals surface area contributed by atoms with Crippen molar-refractivity contribution in [3.05, 3.63) is 95.8 Å². The summed E-state index contributed by atoms with van der Waals surface area (Å²) in [4.78, 5) is 18.1. The Morgan fingerprint density at radius 3 is 2.52 bits per heavy atom. The van der Waals surface area contributed by atoms with Crippen molar-refractivity contribution in [3.8, 4) is 0 Å². The van der Waals surface area contributed by atoms with Gasteiger partial charge in [0.15, 0.2) is 0 Å². The summed E-state index contributed by atoms with van der Waals surface area (Å²) in [6.07, 6.45) is 4.76. The second-order valence-corrected chi connectivity index (χ2v) is 6.03. The van der Waals surface area contributed by atoms with Crippen LogP contribution in [0.3, 0.4) is 0 Å². The molecule has 0 fully saturated rings. The van der Waals surface area contributed by atoms with E-state index in [1.807, 2.05) is 18.2 Å². The van der Waals surface area contributed by atoms with Crippen LogP contribution in [-0.2, 0) is 6.54 Å². The van der Waals surface area contributed by atoms with E-state index in [0.717, 1.165) is 24.3 Å². The summed E-state index contributed by atoms with van der Waals surface area (Å²) in [6.45, 7) is 3.93. The molecule has 0 aliphatic heterocycles. The van der Waals surface area contributed by atoms with Crippen LogP contribution in [0, 0.1) is 0 Å². The topological polar surface area (TPSA) is 57.6 Å². The molecule has 3 aromatic rings. The van der Waals surface area contributed by atoms with Gasteiger partial charge in [-0.15, -0.1) is 0 Å². The fraction of sp³-hybridized carbons (Fsp3) is 0.136. The van der Waals surface area contributed by atoms with Crippen molar-refractivity contribution in [1.82, 2.24) is 10.4 Å². The van der Waals surface area contributed by atoms with Crippen molar-refractivity contribution in [1.29, 1.82) is 0 Å². The fourth-order valence-electron chi connectivity index (χ4n) is 2.69. The normalized spacial score (nSPS) is 10.7. The van der Waals surface area contributed by atoms with Crippen LogP contribution in [0.2, 0.25) is 0 Å². The Kier molecular flexibility index (Phi) is 6.30. The van der Waals surface area contributed by atoms with Gasteiger partial charge in [-0.3, -0.25) is 9.78 Å². The number of amides is 1. The third-order valence-corrected chi connectivity index (χ3v) is 4.16. The van der Waals surface area contributed by atoms with E-state index in [1.54, 1.807) is 24.5 Å². The molecule has 0 atom stereocenters. The van der Waals surface area contributed by atoms with E-state index in [2.05, 4.69) is 63.7 Å². The van der Waals surface area contributed by atoms with Crippen LogP contribution in [0.15, 0.2) is 84.2 Å².